The summed E-state index contributed by atoms with van der Waals surface area (Å²) in [6.07, 6.45) is 7.51. The van der Waals surface area contributed by atoms with E-state index in [-0.39, 0.29) is 11.4 Å². The standard InChI is InChI=1S/C14H26O3/c1-4-16-13(15)14(2,3)10-8-6-5-7-9-12-11-17-12/h12H,4-11H2,1-3H3. The van der Waals surface area contributed by atoms with E-state index in [4.69, 9.17) is 9.47 Å². The maximum atomic E-state index is 11.6. The highest BCUT2D eigenvalue weighted by Gasteiger charge is 2.28. The predicted molar refractivity (Wildman–Crippen MR) is 67.9 cm³/mol. The molecule has 0 saturated carbocycles. The van der Waals surface area contributed by atoms with E-state index in [0.29, 0.717) is 12.7 Å². The van der Waals surface area contributed by atoms with E-state index in [1.807, 2.05) is 20.8 Å². The molecule has 0 radical (unpaired) electrons. The van der Waals surface area contributed by atoms with Gasteiger partial charge < -0.3 is 9.47 Å². The summed E-state index contributed by atoms with van der Waals surface area (Å²) >= 11 is 0. The molecule has 0 aromatic heterocycles. The highest BCUT2D eigenvalue weighted by molar-refractivity contribution is 5.75. The first kappa shape index (κ1) is 14.5. The molecule has 0 amide bonds. The van der Waals surface area contributed by atoms with Crippen molar-refractivity contribution in [3.63, 3.8) is 0 Å². The summed E-state index contributed by atoms with van der Waals surface area (Å²) in [5.41, 5.74) is -0.324. The lowest BCUT2D eigenvalue weighted by Gasteiger charge is -2.21. The highest BCUT2D eigenvalue weighted by atomic mass is 16.6. The molecule has 100 valence electrons. The van der Waals surface area contributed by atoms with Gasteiger partial charge in [-0.1, -0.05) is 25.7 Å². The number of hydrogen-bond acceptors (Lipinski definition) is 3. The minimum atomic E-state index is -0.324. The van der Waals surface area contributed by atoms with Crippen LogP contribution < -0.4 is 0 Å². The Morgan fingerprint density at radius 3 is 2.53 bits per heavy atom. The Morgan fingerprint density at radius 2 is 1.94 bits per heavy atom. The number of ether oxygens (including phenoxy) is 2. The minimum Gasteiger partial charge on any atom is -0.466 e. The third-order valence-electron chi connectivity index (χ3n) is 3.31. The Balaban J connectivity index is 2.00. The Morgan fingerprint density at radius 1 is 1.29 bits per heavy atom. The van der Waals surface area contributed by atoms with Gasteiger partial charge in [0.1, 0.15) is 0 Å². The maximum Gasteiger partial charge on any atom is 0.311 e. The lowest BCUT2D eigenvalue weighted by Crippen LogP contribution is -2.26. The van der Waals surface area contributed by atoms with Crippen molar-refractivity contribution in [1.82, 2.24) is 0 Å². The fraction of sp³-hybridized carbons (Fsp3) is 0.929. The molecule has 3 heteroatoms. The molecule has 0 spiro atoms. The second kappa shape index (κ2) is 7.00. The number of epoxide rings is 1. The van der Waals surface area contributed by atoms with Gasteiger partial charge in [0.15, 0.2) is 0 Å². The first-order valence-electron chi connectivity index (χ1n) is 6.85. The van der Waals surface area contributed by atoms with Gasteiger partial charge in [-0.15, -0.1) is 0 Å². The first-order chi connectivity index (χ1) is 8.06. The second-order valence-electron chi connectivity index (χ2n) is 5.51. The van der Waals surface area contributed by atoms with Crippen LogP contribution in [0.25, 0.3) is 0 Å². The normalized spacial score (nSPS) is 19.1. The van der Waals surface area contributed by atoms with E-state index >= 15 is 0 Å². The van der Waals surface area contributed by atoms with Crippen LogP contribution in [0, 0.1) is 5.41 Å². The van der Waals surface area contributed by atoms with Gasteiger partial charge in [-0.2, -0.15) is 0 Å². The molecule has 0 bridgehead atoms. The van der Waals surface area contributed by atoms with Crippen molar-refractivity contribution in [3.8, 4) is 0 Å². The van der Waals surface area contributed by atoms with Crippen LogP contribution in [0.1, 0.15) is 59.3 Å². The molecule has 1 aliphatic heterocycles. The summed E-state index contributed by atoms with van der Waals surface area (Å²) in [5.74, 6) is -0.0635. The molecular weight excluding hydrogens is 216 g/mol. The van der Waals surface area contributed by atoms with Gasteiger partial charge >= 0.3 is 5.97 Å². The number of esters is 1. The van der Waals surface area contributed by atoms with Gasteiger partial charge in [-0.05, 0) is 33.6 Å². The van der Waals surface area contributed by atoms with Gasteiger partial charge in [-0.3, -0.25) is 4.79 Å². The molecule has 1 atom stereocenters. The number of hydrogen-bond donors (Lipinski definition) is 0. The zero-order valence-electron chi connectivity index (χ0n) is 11.5. The van der Waals surface area contributed by atoms with Gasteiger partial charge in [-0.25, -0.2) is 0 Å². The van der Waals surface area contributed by atoms with Crippen LogP contribution in [0.4, 0.5) is 0 Å². The van der Waals surface area contributed by atoms with Crippen LogP contribution in [0.3, 0.4) is 0 Å². The van der Waals surface area contributed by atoms with Crippen LogP contribution in [-0.4, -0.2) is 25.3 Å². The number of rotatable bonds is 9. The minimum absolute atomic E-state index is 0.0635. The van der Waals surface area contributed by atoms with Crippen LogP contribution in [0.5, 0.6) is 0 Å². The average Bonchev–Trinajstić information content (AvgIpc) is 3.07. The van der Waals surface area contributed by atoms with E-state index < -0.39 is 0 Å². The van der Waals surface area contributed by atoms with Crippen LogP contribution in [0.2, 0.25) is 0 Å². The van der Waals surface area contributed by atoms with Gasteiger partial charge in [0.25, 0.3) is 0 Å². The lowest BCUT2D eigenvalue weighted by atomic mass is 9.87. The largest absolute Gasteiger partial charge is 0.466 e. The Bertz CT molecular complexity index is 232. The van der Waals surface area contributed by atoms with E-state index in [9.17, 15) is 4.79 Å². The van der Waals surface area contributed by atoms with Gasteiger partial charge in [0.05, 0.1) is 24.7 Å². The topological polar surface area (TPSA) is 38.8 Å². The van der Waals surface area contributed by atoms with Gasteiger partial charge in [0, 0.05) is 0 Å². The van der Waals surface area contributed by atoms with E-state index in [1.165, 1.54) is 25.7 Å². The maximum absolute atomic E-state index is 11.6. The average molecular weight is 242 g/mol. The SMILES string of the molecule is CCOC(=O)C(C)(C)CCCCCCC1CO1. The number of carbonyl (C=O) groups excluding carboxylic acids is 1. The second-order valence-corrected chi connectivity index (χ2v) is 5.51. The molecule has 1 aliphatic rings. The van der Waals surface area contributed by atoms with Crippen LogP contribution in [0.15, 0.2) is 0 Å². The molecule has 1 fully saturated rings. The zero-order valence-corrected chi connectivity index (χ0v) is 11.5. The summed E-state index contributed by atoms with van der Waals surface area (Å²) in [7, 11) is 0. The van der Waals surface area contributed by atoms with E-state index in [0.717, 1.165) is 19.4 Å². The molecule has 0 N–H and O–H groups in total. The molecule has 0 aliphatic carbocycles. The lowest BCUT2D eigenvalue weighted by molar-refractivity contribution is -0.153. The monoisotopic (exact) mass is 242 g/mol. The molecule has 3 nitrogen and oxygen atoms in total. The fourth-order valence-corrected chi connectivity index (χ4v) is 1.96. The number of unbranched alkanes of at least 4 members (excludes halogenated alkanes) is 3. The summed E-state index contributed by atoms with van der Waals surface area (Å²) < 4.78 is 10.2. The predicted octanol–water partition coefficient (Wildman–Crippen LogP) is 3.32. The smallest absolute Gasteiger partial charge is 0.311 e. The molecule has 1 heterocycles. The van der Waals surface area contributed by atoms with Crippen LogP contribution in [-0.2, 0) is 14.3 Å². The third kappa shape index (κ3) is 6.06. The van der Waals surface area contributed by atoms with Crippen molar-refractivity contribution in [1.29, 1.82) is 0 Å². The zero-order chi connectivity index (χ0) is 12.7. The molecule has 0 aromatic carbocycles. The Kier molecular flexibility index (Phi) is 5.96. The third-order valence-corrected chi connectivity index (χ3v) is 3.31. The summed E-state index contributed by atoms with van der Waals surface area (Å²) in [6, 6.07) is 0. The van der Waals surface area contributed by atoms with Crippen molar-refractivity contribution in [3.05, 3.63) is 0 Å². The first-order valence-corrected chi connectivity index (χ1v) is 6.85. The van der Waals surface area contributed by atoms with Crippen molar-refractivity contribution in [2.45, 2.75) is 65.4 Å². The fourth-order valence-electron chi connectivity index (χ4n) is 1.96. The summed E-state index contributed by atoms with van der Waals surface area (Å²) in [6.45, 7) is 7.25. The molecular formula is C14H26O3. The van der Waals surface area contributed by atoms with E-state index in [1.54, 1.807) is 0 Å². The molecule has 1 saturated heterocycles. The molecule has 17 heavy (non-hydrogen) atoms. The van der Waals surface area contributed by atoms with Crippen molar-refractivity contribution >= 4 is 5.97 Å². The molecule has 1 rings (SSSR count). The van der Waals surface area contributed by atoms with Crippen molar-refractivity contribution in [2.75, 3.05) is 13.2 Å². The summed E-state index contributed by atoms with van der Waals surface area (Å²) in [5, 5.41) is 0. The Hall–Kier alpha value is -0.570. The van der Waals surface area contributed by atoms with E-state index in [2.05, 4.69) is 0 Å². The Labute approximate surface area is 105 Å². The molecule has 1 unspecified atom stereocenters. The quantitative estimate of drug-likeness (QED) is 0.354. The van der Waals surface area contributed by atoms with Gasteiger partial charge in [0.2, 0.25) is 0 Å². The molecule has 0 aromatic rings. The number of carbonyl (C=O) groups is 1. The highest BCUT2D eigenvalue weighted by Crippen LogP contribution is 2.26. The van der Waals surface area contributed by atoms with Crippen molar-refractivity contribution < 1.29 is 14.3 Å². The van der Waals surface area contributed by atoms with Crippen molar-refractivity contribution in [2.24, 2.45) is 5.41 Å². The summed E-state index contributed by atoms with van der Waals surface area (Å²) in [4.78, 5) is 11.6. The van der Waals surface area contributed by atoms with Crippen LogP contribution >= 0.6 is 0 Å².